The van der Waals surface area contributed by atoms with E-state index in [9.17, 15) is 18.0 Å². The molecule has 1 aliphatic carbocycles. The number of hydrogen-bond donors (Lipinski definition) is 2. The predicted molar refractivity (Wildman–Crippen MR) is 134 cm³/mol. The van der Waals surface area contributed by atoms with Crippen LogP contribution in [-0.4, -0.2) is 76.0 Å². The van der Waals surface area contributed by atoms with E-state index in [1.807, 2.05) is 13.0 Å². The van der Waals surface area contributed by atoms with E-state index in [4.69, 9.17) is 0 Å². The van der Waals surface area contributed by atoms with Crippen LogP contribution in [-0.2, 0) is 14.8 Å². The molecule has 2 aliphatic rings. The minimum Gasteiger partial charge on any atom is -0.367 e. The molecular formula is C24H31N5O4S. The molecule has 10 heteroatoms. The van der Waals surface area contributed by atoms with Crippen LogP contribution in [0.4, 0.5) is 16.2 Å². The molecule has 3 amide bonds. The lowest BCUT2D eigenvalue weighted by atomic mass is 10.1. The van der Waals surface area contributed by atoms with Crippen LogP contribution in [0.3, 0.4) is 0 Å². The lowest BCUT2D eigenvalue weighted by Gasteiger charge is -2.37. The molecule has 182 valence electrons. The number of benzene rings is 2. The summed E-state index contributed by atoms with van der Waals surface area (Å²) in [5.41, 5.74) is 0.949. The second kappa shape index (κ2) is 8.92. The highest BCUT2D eigenvalue weighted by Gasteiger charge is 2.41. The molecule has 2 aromatic carbocycles. The van der Waals surface area contributed by atoms with Crippen LogP contribution >= 0.6 is 0 Å². The third-order valence-corrected chi connectivity index (χ3v) is 7.94. The number of anilines is 2. The highest BCUT2D eigenvalue weighted by atomic mass is 32.2. The smallest absolute Gasteiger partial charge is 0.319 e. The molecule has 1 saturated heterocycles. The van der Waals surface area contributed by atoms with Gasteiger partial charge in [0.05, 0.1) is 4.90 Å². The summed E-state index contributed by atoms with van der Waals surface area (Å²) in [5.74, 6) is -0.339. The summed E-state index contributed by atoms with van der Waals surface area (Å²) in [6.07, 6.45) is 2.81. The zero-order valence-electron chi connectivity index (χ0n) is 19.8. The van der Waals surface area contributed by atoms with Crippen LogP contribution in [0.25, 0.3) is 10.8 Å². The SMILES string of the molecule is C=CC(=O)Nc1ccc2c(N3CCN(C(=O)N(C)C)CC3)cc(S(=O)(=O)NC3(C)CC3)cc2c1. The van der Waals surface area contributed by atoms with Gasteiger partial charge in [0.1, 0.15) is 0 Å². The van der Waals surface area contributed by atoms with Crippen LogP contribution in [0.15, 0.2) is 47.9 Å². The van der Waals surface area contributed by atoms with Crippen LogP contribution in [0.5, 0.6) is 0 Å². The number of nitrogens with zero attached hydrogens (tertiary/aromatic N) is 3. The molecule has 0 unspecified atom stereocenters. The van der Waals surface area contributed by atoms with Crippen LogP contribution in [0.2, 0.25) is 0 Å². The van der Waals surface area contributed by atoms with Crippen molar-refractivity contribution in [3.05, 3.63) is 43.0 Å². The van der Waals surface area contributed by atoms with E-state index in [0.29, 0.717) is 37.3 Å². The van der Waals surface area contributed by atoms with Gasteiger partial charge >= 0.3 is 6.03 Å². The van der Waals surface area contributed by atoms with Gasteiger partial charge in [0.2, 0.25) is 15.9 Å². The average Bonchev–Trinajstić information content (AvgIpc) is 3.53. The zero-order valence-corrected chi connectivity index (χ0v) is 20.6. The molecule has 1 aliphatic heterocycles. The fraction of sp³-hybridized carbons (Fsp3) is 0.417. The van der Waals surface area contributed by atoms with Crippen LogP contribution < -0.4 is 14.9 Å². The van der Waals surface area contributed by atoms with Crippen molar-refractivity contribution in [1.29, 1.82) is 0 Å². The van der Waals surface area contributed by atoms with E-state index in [0.717, 1.165) is 23.9 Å². The molecule has 2 fully saturated rings. The van der Waals surface area contributed by atoms with Crippen molar-refractivity contribution in [1.82, 2.24) is 14.5 Å². The Morgan fingerprint density at radius 2 is 1.76 bits per heavy atom. The fourth-order valence-corrected chi connectivity index (χ4v) is 5.62. The Morgan fingerprint density at radius 1 is 1.09 bits per heavy atom. The number of piperazine rings is 1. The van der Waals surface area contributed by atoms with Gasteiger partial charge in [-0.25, -0.2) is 17.9 Å². The Balaban J connectivity index is 1.72. The van der Waals surface area contributed by atoms with E-state index < -0.39 is 15.6 Å². The number of rotatable bonds is 6. The van der Waals surface area contributed by atoms with Crippen molar-refractivity contribution in [3.8, 4) is 0 Å². The summed E-state index contributed by atoms with van der Waals surface area (Å²) >= 11 is 0. The highest BCUT2D eigenvalue weighted by molar-refractivity contribution is 7.89. The Morgan fingerprint density at radius 3 is 2.35 bits per heavy atom. The van der Waals surface area contributed by atoms with Crippen molar-refractivity contribution in [2.24, 2.45) is 0 Å². The van der Waals surface area contributed by atoms with Gasteiger partial charge in [-0.3, -0.25) is 4.79 Å². The van der Waals surface area contributed by atoms with E-state index in [1.165, 1.54) is 6.08 Å². The molecule has 0 spiro atoms. The predicted octanol–water partition coefficient (Wildman–Crippen LogP) is 2.60. The molecule has 34 heavy (non-hydrogen) atoms. The van der Waals surface area contributed by atoms with Gasteiger partial charge in [-0.15, -0.1) is 0 Å². The summed E-state index contributed by atoms with van der Waals surface area (Å²) in [7, 11) is -0.278. The van der Waals surface area contributed by atoms with Gasteiger partial charge < -0.3 is 20.0 Å². The number of fused-ring (bicyclic) bond motifs is 1. The third-order valence-electron chi connectivity index (χ3n) is 6.32. The monoisotopic (exact) mass is 485 g/mol. The average molecular weight is 486 g/mol. The largest absolute Gasteiger partial charge is 0.367 e. The number of amides is 3. The molecule has 9 nitrogen and oxygen atoms in total. The van der Waals surface area contributed by atoms with E-state index in [2.05, 4.69) is 21.5 Å². The summed E-state index contributed by atoms with van der Waals surface area (Å²) in [6, 6.07) is 8.75. The summed E-state index contributed by atoms with van der Waals surface area (Å²) in [6.45, 7) is 7.62. The van der Waals surface area contributed by atoms with Crippen LogP contribution in [0, 0.1) is 0 Å². The number of urea groups is 1. The van der Waals surface area contributed by atoms with E-state index in [1.54, 1.807) is 48.2 Å². The normalized spacial score (nSPS) is 17.4. The Hall–Kier alpha value is -3.11. The van der Waals surface area contributed by atoms with Crippen molar-refractivity contribution < 1.29 is 18.0 Å². The quantitative estimate of drug-likeness (QED) is 0.613. The standard InChI is InChI=1S/C24H31N5O4S/c1-5-22(30)25-18-6-7-20-17(14-18)15-19(34(32,33)26-24(2)8-9-24)16-21(20)28-10-12-29(13-11-28)23(31)27(3)4/h5-7,14-16,26H,1,8-13H2,2-4H3,(H,25,30). The Bertz CT molecular complexity index is 1250. The molecule has 0 bridgehead atoms. The number of nitrogens with one attached hydrogen (secondary N) is 2. The van der Waals surface area contributed by atoms with Gasteiger partial charge in [0.15, 0.2) is 0 Å². The molecule has 4 rings (SSSR count). The van der Waals surface area contributed by atoms with E-state index >= 15 is 0 Å². The highest BCUT2D eigenvalue weighted by Crippen LogP contribution is 2.38. The summed E-state index contributed by atoms with van der Waals surface area (Å²) in [5, 5.41) is 4.31. The number of carbonyl (C=O) groups is 2. The first-order valence-electron chi connectivity index (χ1n) is 11.3. The van der Waals surface area contributed by atoms with Crippen molar-refractivity contribution in [2.75, 3.05) is 50.5 Å². The minimum atomic E-state index is -3.74. The lowest BCUT2D eigenvalue weighted by Crippen LogP contribution is -2.51. The first-order chi connectivity index (χ1) is 16.0. The molecule has 0 radical (unpaired) electrons. The molecule has 2 N–H and O–H groups in total. The lowest BCUT2D eigenvalue weighted by molar-refractivity contribution is -0.111. The molecule has 0 atom stereocenters. The summed E-state index contributed by atoms with van der Waals surface area (Å²) < 4.78 is 29.3. The maximum Gasteiger partial charge on any atom is 0.319 e. The second-order valence-electron chi connectivity index (χ2n) is 9.39. The summed E-state index contributed by atoms with van der Waals surface area (Å²) in [4.78, 5) is 29.8. The van der Waals surface area contributed by atoms with Gasteiger partial charge in [0.25, 0.3) is 0 Å². The van der Waals surface area contributed by atoms with Gasteiger partial charge in [-0.2, -0.15) is 0 Å². The van der Waals surface area contributed by atoms with Gasteiger partial charge in [0, 0.05) is 62.6 Å². The number of sulfonamides is 1. The Labute approximate surface area is 200 Å². The van der Waals surface area contributed by atoms with Gasteiger partial charge in [-0.1, -0.05) is 12.6 Å². The molecule has 1 heterocycles. The van der Waals surface area contributed by atoms with E-state index in [-0.39, 0.29) is 16.8 Å². The maximum absolute atomic E-state index is 13.2. The first-order valence-corrected chi connectivity index (χ1v) is 12.8. The number of carbonyl (C=O) groups excluding carboxylic acids is 2. The van der Waals surface area contributed by atoms with Crippen molar-refractivity contribution in [2.45, 2.75) is 30.2 Å². The zero-order chi connectivity index (χ0) is 24.7. The molecule has 2 aromatic rings. The van der Waals surface area contributed by atoms with Crippen LogP contribution in [0.1, 0.15) is 19.8 Å². The minimum absolute atomic E-state index is 0.0367. The second-order valence-corrected chi connectivity index (χ2v) is 11.1. The maximum atomic E-state index is 13.2. The number of hydrogen-bond acceptors (Lipinski definition) is 5. The first kappa shape index (κ1) is 24.0. The van der Waals surface area contributed by atoms with Gasteiger partial charge in [-0.05, 0) is 55.5 Å². The third kappa shape index (κ3) is 5.02. The van der Waals surface area contributed by atoms with Crippen molar-refractivity contribution >= 4 is 44.1 Å². The topological polar surface area (TPSA) is 102 Å². The fourth-order valence-electron chi connectivity index (χ4n) is 4.11. The molecular weight excluding hydrogens is 454 g/mol. The molecule has 0 aromatic heterocycles. The Kier molecular flexibility index (Phi) is 6.30. The van der Waals surface area contributed by atoms with Crippen molar-refractivity contribution in [3.63, 3.8) is 0 Å². The molecule has 1 saturated carbocycles.